The number of benzene rings is 1. The van der Waals surface area contributed by atoms with Gasteiger partial charge in [-0.1, -0.05) is 24.3 Å². The molecule has 0 saturated carbocycles. The lowest BCUT2D eigenvalue weighted by Gasteiger charge is -2.18. The quantitative estimate of drug-likeness (QED) is 0.342. The molecule has 32 heavy (non-hydrogen) atoms. The first-order valence-electron chi connectivity index (χ1n) is 9.94. The van der Waals surface area contributed by atoms with E-state index in [0.717, 1.165) is 6.29 Å². The predicted molar refractivity (Wildman–Crippen MR) is 121 cm³/mol. The third-order valence-corrected chi connectivity index (χ3v) is 4.83. The zero-order chi connectivity index (χ0) is 22.9. The third-order valence-electron chi connectivity index (χ3n) is 4.83. The summed E-state index contributed by atoms with van der Waals surface area (Å²) >= 11 is 0. The molecule has 0 fully saturated rings. The SMILES string of the molecule is C=CCn1c(=O)c2cnc(Nc3cccc(C=O)c3)nc2n1-c1cccc(C(C)(C)O)n1. The predicted octanol–water partition coefficient (Wildman–Crippen LogP) is 2.95. The van der Waals surface area contributed by atoms with E-state index in [9.17, 15) is 14.7 Å². The Hall–Kier alpha value is -4.11. The Kier molecular flexibility index (Phi) is 5.41. The summed E-state index contributed by atoms with van der Waals surface area (Å²) in [5.74, 6) is 0.676. The molecule has 0 aliphatic rings. The minimum atomic E-state index is -1.16. The van der Waals surface area contributed by atoms with Crippen molar-refractivity contribution in [2.24, 2.45) is 0 Å². The molecule has 0 saturated heterocycles. The molecule has 4 rings (SSSR count). The van der Waals surface area contributed by atoms with Crippen molar-refractivity contribution in [3.8, 4) is 5.82 Å². The molecule has 0 radical (unpaired) electrons. The van der Waals surface area contributed by atoms with E-state index in [1.54, 1.807) is 67.1 Å². The van der Waals surface area contributed by atoms with Gasteiger partial charge in [0.15, 0.2) is 11.5 Å². The Morgan fingerprint density at radius 2 is 1.97 bits per heavy atom. The second-order valence-corrected chi connectivity index (χ2v) is 7.73. The van der Waals surface area contributed by atoms with E-state index in [0.29, 0.717) is 33.8 Å². The monoisotopic (exact) mass is 430 g/mol. The van der Waals surface area contributed by atoms with Crippen LogP contribution >= 0.6 is 0 Å². The topological polar surface area (TPSA) is 115 Å². The second kappa shape index (κ2) is 8.20. The van der Waals surface area contributed by atoms with E-state index in [1.807, 2.05) is 0 Å². The molecule has 3 aromatic heterocycles. The lowest BCUT2D eigenvalue weighted by molar-refractivity contribution is 0.0738. The van der Waals surface area contributed by atoms with E-state index in [4.69, 9.17) is 0 Å². The summed E-state index contributed by atoms with van der Waals surface area (Å²) < 4.78 is 3.04. The lowest BCUT2D eigenvalue weighted by atomic mass is 10.1. The second-order valence-electron chi connectivity index (χ2n) is 7.73. The minimum Gasteiger partial charge on any atom is -0.384 e. The van der Waals surface area contributed by atoms with Crippen LogP contribution in [0.3, 0.4) is 0 Å². The van der Waals surface area contributed by atoms with Gasteiger partial charge in [-0.15, -0.1) is 6.58 Å². The van der Waals surface area contributed by atoms with Crippen LogP contribution in [-0.4, -0.2) is 35.7 Å². The van der Waals surface area contributed by atoms with Crippen LogP contribution in [0.1, 0.15) is 29.9 Å². The van der Waals surface area contributed by atoms with Crippen molar-refractivity contribution in [3.05, 3.63) is 82.9 Å². The number of allylic oxidation sites excluding steroid dienone is 1. The van der Waals surface area contributed by atoms with E-state index >= 15 is 0 Å². The Bertz CT molecular complexity index is 1380. The van der Waals surface area contributed by atoms with Crippen LogP contribution in [0.25, 0.3) is 16.9 Å². The van der Waals surface area contributed by atoms with Gasteiger partial charge in [0.1, 0.15) is 17.3 Å². The van der Waals surface area contributed by atoms with E-state index < -0.39 is 5.60 Å². The first kappa shape index (κ1) is 21.1. The van der Waals surface area contributed by atoms with Crippen LogP contribution in [0.5, 0.6) is 0 Å². The van der Waals surface area contributed by atoms with Crippen molar-refractivity contribution >= 4 is 29.0 Å². The number of carbonyl (C=O) groups is 1. The Balaban J connectivity index is 1.89. The normalized spacial score (nSPS) is 11.5. The molecular weight excluding hydrogens is 408 g/mol. The van der Waals surface area contributed by atoms with Gasteiger partial charge in [-0.05, 0) is 38.1 Å². The summed E-state index contributed by atoms with van der Waals surface area (Å²) in [5, 5.41) is 13.8. The molecule has 0 aliphatic heterocycles. The van der Waals surface area contributed by atoms with Crippen LogP contribution in [0.2, 0.25) is 0 Å². The fraction of sp³-hybridized carbons (Fsp3) is 0.174. The van der Waals surface area contributed by atoms with Crippen molar-refractivity contribution < 1.29 is 9.90 Å². The zero-order valence-electron chi connectivity index (χ0n) is 17.7. The van der Waals surface area contributed by atoms with Gasteiger partial charge in [0.2, 0.25) is 5.95 Å². The maximum absolute atomic E-state index is 13.0. The Labute approximate surface area is 183 Å². The number of pyridine rings is 1. The summed E-state index contributed by atoms with van der Waals surface area (Å²) in [6.45, 7) is 7.25. The average molecular weight is 430 g/mol. The van der Waals surface area contributed by atoms with Crippen molar-refractivity contribution in [2.45, 2.75) is 26.0 Å². The molecule has 162 valence electrons. The van der Waals surface area contributed by atoms with Crippen LogP contribution in [0, 0.1) is 0 Å². The molecule has 9 heteroatoms. The fourth-order valence-corrected chi connectivity index (χ4v) is 3.31. The molecule has 2 N–H and O–H groups in total. The first-order chi connectivity index (χ1) is 15.3. The maximum Gasteiger partial charge on any atom is 0.278 e. The van der Waals surface area contributed by atoms with Crippen LogP contribution in [-0.2, 0) is 12.1 Å². The van der Waals surface area contributed by atoms with Crippen LogP contribution in [0.4, 0.5) is 11.6 Å². The maximum atomic E-state index is 13.0. The van der Waals surface area contributed by atoms with Gasteiger partial charge in [-0.25, -0.2) is 19.3 Å². The summed E-state index contributed by atoms with van der Waals surface area (Å²) in [5.41, 5.74) is 0.500. The molecule has 0 atom stereocenters. The average Bonchev–Trinajstić information content (AvgIpc) is 3.05. The minimum absolute atomic E-state index is 0.230. The highest BCUT2D eigenvalue weighted by Crippen LogP contribution is 2.22. The molecule has 4 aromatic rings. The first-order valence-corrected chi connectivity index (χ1v) is 9.94. The summed E-state index contributed by atoms with van der Waals surface area (Å²) in [6, 6.07) is 12.1. The summed E-state index contributed by atoms with van der Waals surface area (Å²) in [6.07, 6.45) is 3.81. The largest absolute Gasteiger partial charge is 0.384 e. The zero-order valence-corrected chi connectivity index (χ0v) is 17.7. The number of aromatic nitrogens is 5. The van der Waals surface area contributed by atoms with Crippen molar-refractivity contribution in [2.75, 3.05) is 5.32 Å². The van der Waals surface area contributed by atoms with E-state index in [-0.39, 0.29) is 18.1 Å². The van der Waals surface area contributed by atoms with Gasteiger partial charge < -0.3 is 10.4 Å². The van der Waals surface area contributed by atoms with Crippen LogP contribution in [0.15, 0.2) is 66.1 Å². The van der Waals surface area contributed by atoms with Crippen LogP contribution < -0.4 is 10.9 Å². The highest BCUT2D eigenvalue weighted by molar-refractivity contribution is 5.79. The molecule has 0 unspecified atom stereocenters. The third kappa shape index (κ3) is 3.93. The number of carbonyl (C=O) groups excluding carboxylic acids is 1. The number of aldehydes is 1. The van der Waals surface area contributed by atoms with Gasteiger partial charge in [-0.3, -0.25) is 9.59 Å². The van der Waals surface area contributed by atoms with E-state index in [1.165, 1.54) is 10.9 Å². The number of nitrogens with zero attached hydrogens (tertiary/aromatic N) is 5. The molecule has 0 aliphatic carbocycles. The van der Waals surface area contributed by atoms with Crippen molar-refractivity contribution in [1.29, 1.82) is 0 Å². The molecule has 0 spiro atoms. The molecular formula is C23H22N6O3. The van der Waals surface area contributed by atoms with Gasteiger partial charge in [-0.2, -0.15) is 4.98 Å². The molecule has 0 amide bonds. The number of nitrogens with one attached hydrogen (secondary N) is 1. The Morgan fingerprint density at radius 1 is 1.19 bits per heavy atom. The standard InChI is InChI=1S/C23H22N6O3/c1-4-11-28-21(31)17-13-24-22(25-16-8-5-7-15(12-16)14-30)27-20(17)29(28)19-10-6-9-18(26-19)23(2,3)32/h4-10,12-14,32H,1,11H2,2-3H3,(H,24,25,27). The highest BCUT2D eigenvalue weighted by atomic mass is 16.3. The fourth-order valence-electron chi connectivity index (χ4n) is 3.31. The molecule has 3 heterocycles. The number of fused-ring (bicyclic) bond motifs is 1. The summed E-state index contributed by atoms with van der Waals surface area (Å²) in [4.78, 5) is 37.4. The number of anilines is 2. The molecule has 0 bridgehead atoms. The number of aliphatic hydroxyl groups is 1. The van der Waals surface area contributed by atoms with Gasteiger partial charge in [0.05, 0.1) is 12.2 Å². The molecule has 1 aromatic carbocycles. The van der Waals surface area contributed by atoms with E-state index in [2.05, 4.69) is 26.8 Å². The number of hydrogen-bond donors (Lipinski definition) is 2. The van der Waals surface area contributed by atoms with Crippen molar-refractivity contribution in [3.63, 3.8) is 0 Å². The van der Waals surface area contributed by atoms with Gasteiger partial charge in [0.25, 0.3) is 5.56 Å². The van der Waals surface area contributed by atoms with Crippen molar-refractivity contribution in [1.82, 2.24) is 24.3 Å². The highest BCUT2D eigenvalue weighted by Gasteiger charge is 2.21. The summed E-state index contributed by atoms with van der Waals surface area (Å²) in [7, 11) is 0. The van der Waals surface area contributed by atoms with Gasteiger partial charge >= 0.3 is 0 Å². The van der Waals surface area contributed by atoms with Gasteiger partial charge in [0, 0.05) is 17.4 Å². The Morgan fingerprint density at radius 3 is 2.69 bits per heavy atom. The molecule has 9 nitrogen and oxygen atoms in total. The lowest BCUT2D eigenvalue weighted by Crippen LogP contribution is -2.23. The smallest absolute Gasteiger partial charge is 0.278 e. The number of rotatable bonds is 7. The number of hydrogen-bond acceptors (Lipinski definition) is 7.